The van der Waals surface area contributed by atoms with Gasteiger partial charge in [0.2, 0.25) is 5.43 Å². The number of pyridine rings is 3. The van der Waals surface area contributed by atoms with E-state index in [0.717, 1.165) is 0 Å². The van der Waals surface area contributed by atoms with E-state index >= 15 is 0 Å². The highest BCUT2D eigenvalue weighted by molar-refractivity contribution is 6.32. The Bertz CT molecular complexity index is 1520. The number of carboxylic acids is 1. The smallest absolute Gasteiger partial charge is 0.413 e. The van der Waals surface area contributed by atoms with E-state index in [-0.39, 0.29) is 27.7 Å². The number of halogens is 1. The number of fused-ring (bicyclic) bond motifs is 1. The number of carbonyl (C=O) groups excluding carboxylic acids is 1. The lowest BCUT2D eigenvalue weighted by atomic mass is 10.1. The van der Waals surface area contributed by atoms with Gasteiger partial charge in [0.1, 0.15) is 17.0 Å². The van der Waals surface area contributed by atoms with E-state index in [4.69, 9.17) is 16.3 Å². The van der Waals surface area contributed by atoms with Crippen LogP contribution < -0.4 is 10.7 Å². The van der Waals surface area contributed by atoms with Gasteiger partial charge in [-0.2, -0.15) is 5.10 Å². The lowest BCUT2D eigenvalue weighted by molar-refractivity contribution is 0.0633. The largest absolute Gasteiger partial charge is 0.477 e. The normalized spacial score (nSPS) is 11.5. The Morgan fingerprint density at radius 1 is 1.23 bits per heavy atom. The molecule has 0 aliphatic carbocycles. The molecule has 2 N–H and O–H groups in total. The zero-order chi connectivity index (χ0) is 25.5. The number of aromatic nitrogens is 5. The van der Waals surface area contributed by atoms with Crippen molar-refractivity contribution in [2.24, 2.45) is 0 Å². The number of aromatic carboxylic acids is 1. The van der Waals surface area contributed by atoms with Gasteiger partial charge in [-0.3, -0.25) is 14.7 Å². The summed E-state index contributed by atoms with van der Waals surface area (Å²) in [5.41, 5.74) is -0.650. The Hall–Kier alpha value is -4.25. The number of aryl methyl sites for hydroxylation is 1. The second-order valence-electron chi connectivity index (χ2n) is 8.65. The molecular formula is C23H21ClN6O5. The van der Waals surface area contributed by atoms with Crippen LogP contribution in [0.5, 0.6) is 0 Å². The molecule has 4 aromatic rings. The Morgan fingerprint density at radius 2 is 1.97 bits per heavy atom. The van der Waals surface area contributed by atoms with Gasteiger partial charge in [0.25, 0.3) is 0 Å². The van der Waals surface area contributed by atoms with Crippen LogP contribution in [0.3, 0.4) is 0 Å². The van der Waals surface area contributed by atoms with Gasteiger partial charge in [0.05, 0.1) is 22.3 Å². The molecule has 0 atom stereocenters. The molecule has 12 heteroatoms. The van der Waals surface area contributed by atoms with Crippen molar-refractivity contribution < 1.29 is 19.4 Å². The Morgan fingerprint density at radius 3 is 2.57 bits per heavy atom. The second kappa shape index (κ2) is 8.84. The number of nitrogens with zero attached hydrogens (tertiary/aromatic N) is 5. The maximum absolute atomic E-state index is 12.9. The summed E-state index contributed by atoms with van der Waals surface area (Å²) in [4.78, 5) is 45.6. The zero-order valence-electron chi connectivity index (χ0n) is 19.2. The van der Waals surface area contributed by atoms with Gasteiger partial charge in [-0.25, -0.2) is 24.2 Å². The average Bonchev–Trinajstić information content (AvgIpc) is 3.27. The highest BCUT2D eigenvalue weighted by atomic mass is 35.5. The van der Waals surface area contributed by atoms with Gasteiger partial charge in [-0.1, -0.05) is 11.6 Å². The van der Waals surface area contributed by atoms with Gasteiger partial charge in [-0.05, 0) is 51.5 Å². The number of amides is 1. The summed E-state index contributed by atoms with van der Waals surface area (Å²) in [5.74, 6) is -0.904. The number of hydrogen-bond donors (Lipinski definition) is 2. The highest BCUT2D eigenvalue weighted by Crippen LogP contribution is 2.26. The summed E-state index contributed by atoms with van der Waals surface area (Å²) in [6.07, 6.45) is 5.14. The van der Waals surface area contributed by atoms with Gasteiger partial charge < -0.3 is 9.84 Å². The highest BCUT2D eigenvalue weighted by Gasteiger charge is 2.21. The van der Waals surface area contributed by atoms with Crippen molar-refractivity contribution in [2.75, 3.05) is 5.32 Å². The molecule has 4 heterocycles. The third-order valence-corrected chi connectivity index (χ3v) is 5.11. The number of carbonyl (C=O) groups is 2. The lowest BCUT2D eigenvalue weighted by Crippen LogP contribution is -2.27. The summed E-state index contributed by atoms with van der Waals surface area (Å²) in [6.45, 7) is 6.97. The molecule has 4 aromatic heterocycles. The predicted molar refractivity (Wildman–Crippen MR) is 129 cm³/mol. The van der Waals surface area contributed by atoms with E-state index in [1.807, 2.05) is 0 Å². The third kappa shape index (κ3) is 4.85. The second-order valence-corrected chi connectivity index (χ2v) is 9.05. The summed E-state index contributed by atoms with van der Waals surface area (Å²) < 4.78 is 8.12. The van der Waals surface area contributed by atoms with Crippen molar-refractivity contribution >= 4 is 40.5 Å². The molecular weight excluding hydrogens is 476 g/mol. The molecule has 0 fully saturated rings. The van der Waals surface area contributed by atoms with Crippen LogP contribution in [-0.2, 0) is 4.74 Å². The van der Waals surface area contributed by atoms with Crippen LogP contribution in [0.1, 0.15) is 36.7 Å². The molecule has 0 saturated heterocycles. The van der Waals surface area contributed by atoms with Gasteiger partial charge >= 0.3 is 12.1 Å². The van der Waals surface area contributed by atoms with Crippen LogP contribution in [0, 0.1) is 6.92 Å². The third-order valence-electron chi connectivity index (χ3n) is 4.84. The fourth-order valence-electron chi connectivity index (χ4n) is 3.38. The predicted octanol–water partition coefficient (Wildman–Crippen LogP) is 3.97. The van der Waals surface area contributed by atoms with Crippen LogP contribution in [0.4, 0.5) is 10.6 Å². The van der Waals surface area contributed by atoms with Crippen molar-refractivity contribution in [2.45, 2.75) is 33.3 Å². The molecule has 0 aliphatic rings. The topological polar surface area (TPSA) is 141 Å². The summed E-state index contributed by atoms with van der Waals surface area (Å²) in [7, 11) is 0. The molecule has 0 unspecified atom stereocenters. The fourth-order valence-corrected chi connectivity index (χ4v) is 3.62. The summed E-state index contributed by atoms with van der Waals surface area (Å²) in [6, 6.07) is 4.65. The molecule has 11 nitrogen and oxygen atoms in total. The number of ether oxygens (including phenoxy) is 1. The molecule has 180 valence electrons. The molecule has 1 amide bonds. The molecule has 0 bridgehead atoms. The summed E-state index contributed by atoms with van der Waals surface area (Å²) in [5, 5.41) is 16.4. The first-order valence-corrected chi connectivity index (χ1v) is 10.8. The molecule has 0 saturated carbocycles. The van der Waals surface area contributed by atoms with Gasteiger partial charge in [0.15, 0.2) is 11.5 Å². The number of carboxylic acid groups (broad SMARTS) is 1. The van der Waals surface area contributed by atoms with Crippen molar-refractivity contribution in [3.05, 3.63) is 69.4 Å². The Kier molecular flexibility index (Phi) is 6.03. The van der Waals surface area contributed by atoms with Crippen LogP contribution in [0.15, 0.2) is 47.8 Å². The van der Waals surface area contributed by atoms with Crippen LogP contribution >= 0.6 is 11.6 Å². The number of rotatable bonds is 4. The van der Waals surface area contributed by atoms with Crippen molar-refractivity contribution in [1.29, 1.82) is 0 Å². The first kappa shape index (κ1) is 23.9. The maximum Gasteiger partial charge on any atom is 0.413 e. The minimum atomic E-state index is -1.40. The standard InChI is InChI=1S/C23H21ClN6O5/c1-12-8-17(27-22(34)35-23(2,3)4)25-10-16(12)29-11-14(21(32)33)18(31)13-9-15(24)20(28-19(13)29)30-7-5-6-26-30/h5-11H,1-4H3,(H,32,33)(H,25,27,34). The number of nitrogens with one attached hydrogen (secondary N) is 1. The van der Waals surface area contributed by atoms with Crippen LogP contribution in [0.2, 0.25) is 5.02 Å². The first-order valence-electron chi connectivity index (χ1n) is 10.4. The zero-order valence-corrected chi connectivity index (χ0v) is 20.0. The van der Waals surface area contributed by atoms with Gasteiger partial charge in [0, 0.05) is 18.6 Å². The van der Waals surface area contributed by atoms with Crippen molar-refractivity contribution in [1.82, 2.24) is 24.3 Å². The van der Waals surface area contributed by atoms with Gasteiger partial charge in [-0.15, -0.1) is 0 Å². The fraction of sp³-hybridized carbons (Fsp3) is 0.217. The Labute approximate surface area is 204 Å². The van der Waals surface area contributed by atoms with Crippen LogP contribution in [0.25, 0.3) is 22.5 Å². The monoisotopic (exact) mass is 496 g/mol. The van der Waals surface area contributed by atoms with E-state index in [1.54, 1.807) is 52.2 Å². The van der Waals surface area contributed by atoms with Crippen LogP contribution in [-0.4, -0.2) is 47.1 Å². The molecule has 0 spiro atoms. The first-order chi connectivity index (χ1) is 16.4. The van der Waals surface area contributed by atoms with E-state index in [9.17, 15) is 19.5 Å². The van der Waals surface area contributed by atoms with E-state index in [0.29, 0.717) is 11.3 Å². The minimum Gasteiger partial charge on any atom is -0.477 e. The minimum absolute atomic E-state index is 0.0150. The van der Waals surface area contributed by atoms with Crippen molar-refractivity contribution in [3.8, 4) is 11.5 Å². The SMILES string of the molecule is Cc1cc(NC(=O)OC(C)(C)C)ncc1-n1cc(C(=O)O)c(=O)c2cc(Cl)c(-n3cccn3)nc21. The quantitative estimate of drug-likeness (QED) is 0.432. The molecule has 0 radical (unpaired) electrons. The summed E-state index contributed by atoms with van der Waals surface area (Å²) >= 11 is 6.36. The maximum atomic E-state index is 12.9. The molecule has 0 aliphatic heterocycles. The average molecular weight is 497 g/mol. The van der Waals surface area contributed by atoms with E-state index in [1.165, 1.54) is 27.7 Å². The van der Waals surface area contributed by atoms with Crippen molar-refractivity contribution in [3.63, 3.8) is 0 Å². The number of hydrogen-bond acceptors (Lipinski definition) is 7. The lowest BCUT2D eigenvalue weighted by Gasteiger charge is -2.20. The molecule has 35 heavy (non-hydrogen) atoms. The van der Waals surface area contributed by atoms with E-state index in [2.05, 4.69) is 20.4 Å². The molecule has 0 aromatic carbocycles. The van der Waals surface area contributed by atoms with E-state index < -0.39 is 28.7 Å². The molecule has 4 rings (SSSR count). The Balaban J connectivity index is 1.88. The number of anilines is 1.